The second-order valence-corrected chi connectivity index (χ2v) is 8.15. The number of halogens is 3. The van der Waals surface area contributed by atoms with Crippen LogP contribution in [-0.4, -0.2) is 51.9 Å². The van der Waals surface area contributed by atoms with Gasteiger partial charge in [-0.3, -0.25) is 19.5 Å². The number of aromatic amines is 2. The largest absolute Gasteiger partial charge is 0.338 e. The molecule has 2 aliphatic rings. The SMILES string of the molecule is O=C(c1cc(F)c(F)cc1F)N1CCC2(CCCN(Cc3cc(=O)[nH]c(=O)[nH]3)C2)C1. The monoisotopic (exact) mass is 422 g/mol. The van der Waals surface area contributed by atoms with E-state index in [0.29, 0.717) is 50.4 Å². The van der Waals surface area contributed by atoms with Gasteiger partial charge in [0.15, 0.2) is 11.6 Å². The first-order chi connectivity index (χ1) is 14.2. The van der Waals surface area contributed by atoms with Crippen LogP contribution in [0.1, 0.15) is 35.3 Å². The van der Waals surface area contributed by atoms with Crippen LogP contribution < -0.4 is 11.2 Å². The quantitative estimate of drug-likeness (QED) is 0.736. The Balaban J connectivity index is 1.47. The number of nitrogens with one attached hydrogen (secondary N) is 2. The number of aromatic nitrogens is 2. The second-order valence-electron chi connectivity index (χ2n) is 8.15. The van der Waals surface area contributed by atoms with Gasteiger partial charge < -0.3 is 9.88 Å². The molecule has 2 fully saturated rings. The van der Waals surface area contributed by atoms with Gasteiger partial charge in [0.25, 0.3) is 11.5 Å². The van der Waals surface area contributed by atoms with E-state index in [2.05, 4.69) is 14.9 Å². The Morgan fingerprint density at radius 3 is 2.50 bits per heavy atom. The summed E-state index contributed by atoms with van der Waals surface area (Å²) in [5.74, 6) is -4.32. The van der Waals surface area contributed by atoms with Crippen molar-refractivity contribution in [3.63, 3.8) is 0 Å². The molecule has 1 atom stereocenters. The zero-order valence-electron chi connectivity index (χ0n) is 16.1. The van der Waals surface area contributed by atoms with Gasteiger partial charge in [-0.25, -0.2) is 18.0 Å². The average molecular weight is 422 g/mol. The van der Waals surface area contributed by atoms with Crippen LogP contribution in [0.15, 0.2) is 27.8 Å². The number of nitrogens with zero attached hydrogens (tertiary/aromatic N) is 2. The van der Waals surface area contributed by atoms with Crippen LogP contribution in [-0.2, 0) is 6.54 Å². The molecule has 30 heavy (non-hydrogen) atoms. The van der Waals surface area contributed by atoms with Crippen LogP contribution in [0, 0.1) is 22.9 Å². The van der Waals surface area contributed by atoms with Crippen molar-refractivity contribution in [2.24, 2.45) is 5.41 Å². The lowest BCUT2D eigenvalue weighted by Crippen LogP contribution is -2.45. The third-order valence-electron chi connectivity index (χ3n) is 5.92. The molecule has 0 bridgehead atoms. The minimum absolute atomic E-state index is 0.204. The molecule has 1 spiro atoms. The highest BCUT2D eigenvalue weighted by Gasteiger charge is 2.43. The summed E-state index contributed by atoms with van der Waals surface area (Å²) in [4.78, 5) is 44.0. The van der Waals surface area contributed by atoms with Gasteiger partial charge in [0.2, 0.25) is 0 Å². The van der Waals surface area contributed by atoms with Crippen molar-refractivity contribution in [3.8, 4) is 0 Å². The van der Waals surface area contributed by atoms with E-state index in [4.69, 9.17) is 0 Å². The fourth-order valence-electron chi connectivity index (χ4n) is 4.59. The van der Waals surface area contributed by atoms with Crippen molar-refractivity contribution in [1.82, 2.24) is 19.8 Å². The molecule has 4 rings (SSSR count). The molecule has 10 heteroatoms. The van der Waals surface area contributed by atoms with Crippen LogP contribution in [0.2, 0.25) is 0 Å². The highest BCUT2D eigenvalue weighted by Crippen LogP contribution is 2.39. The molecule has 1 amide bonds. The van der Waals surface area contributed by atoms with Crippen molar-refractivity contribution in [2.75, 3.05) is 26.2 Å². The van der Waals surface area contributed by atoms with Gasteiger partial charge in [-0.2, -0.15) is 0 Å². The van der Waals surface area contributed by atoms with Gasteiger partial charge in [0.05, 0.1) is 5.56 Å². The van der Waals surface area contributed by atoms with E-state index in [1.807, 2.05) is 0 Å². The molecule has 2 N–H and O–H groups in total. The number of likely N-dealkylation sites (tertiary alicyclic amines) is 2. The Morgan fingerprint density at radius 1 is 0.967 bits per heavy atom. The van der Waals surface area contributed by atoms with E-state index < -0.39 is 40.2 Å². The van der Waals surface area contributed by atoms with E-state index in [1.165, 1.54) is 11.0 Å². The molecule has 2 saturated heterocycles. The van der Waals surface area contributed by atoms with Crippen molar-refractivity contribution >= 4 is 5.91 Å². The molecule has 2 aromatic rings. The molecule has 7 nitrogen and oxygen atoms in total. The first-order valence-electron chi connectivity index (χ1n) is 9.73. The Bertz CT molecular complexity index is 1070. The summed E-state index contributed by atoms with van der Waals surface area (Å²) in [5.41, 5.74) is -1.19. The molecule has 0 saturated carbocycles. The average Bonchev–Trinajstić information content (AvgIpc) is 3.06. The Hall–Kier alpha value is -2.88. The highest BCUT2D eigenvalue weighted by molar-refractivity contribution is 5.94. The number of rotatable bonds is 3. The maximum absolute atomic E-state index is 14.0. The van der Waals surface area contributed by atoms with Crippen molar-refractivity contribution in [3.05, 3.63) is 67.7 Å². The highest BCUT2D eigenvalue weighted by atomic mass is 19.2. The standard InChI is InChI=1S/C20H21F3N4O3/c21-14-8-16(23)15(22)7-13(14)18(29)27-5-3-20(11-27)2-1-4-26(10-20)9-12-6-17(28)25-19(30)24-12/h6-8H,1-5,9-11H2,(H2,24,25,28,30). The summed E-state index contributed by atoms with van der Waals surface area (Å²) >= 11 is 0. The van der Waals surface area contributed by atoms with Gasteiger partial charge in [0.1, 0.15) is 5.82 Å². The lowest BCUT2D eigenvalue weighted by atomic mass is 9.79. The zero-order valence-corrected chi connectivity index (χ0v) is 16.1. The predicted octanol–water partition coefficient (Wildman–Crippen LogP) is 1.61. The molecule has 3 heterocycles. The molecule has 2 aliphatic heterocycles. The van der Waals surface area contributed by atoms with Gasteiger partial charge in [-0.15, -0.1) is 0 Å². The van der Waals surface area contributed by atoms with Crippen LogP contribution in [0.3, 0.4) is 0 Å². The summed E-state index contributed by atoms with van der Waals surface area (Å²) in [6, 6.07) is 2.34. The number of H-pyrrole nitrogens is 2. The molecular weight excluding hydrogens is 401 g/mol. The van der Waals surface area contributed by atoms with E-state index in [0.717, 1.165) is 19.4 Å². The van der Waals surface area contributed by atoms with E-state index >= 15 is 0 Å². The minimum Gasteiger partial charge on any atom is -0.338 e. The summed E-state index contributed by atoms with van der Waals surface area (Å²) in [5, 5.41) is 0. The summed E-state index contributed by atoms with van der Waals surface area (Å²) in [7, 11) is 0. The van der Waals surface area contributed by atoms with Crippen molar-refractivity contribution < 1.29 is 18.0 Å². The normalized spacial score (nSPS) is 22.0. The number of carbonyl (C=O) groups is 1. The summed E-state index contributed by atoms with van der Waals surface area (Å²) in [6.07, 6.45) is 2.45. The maximum Gasteiger partial charge on any atom is 0.325 e. The summed E-state index contributed by atoms with van der Waals surface area (Å²) < 4.78 is 40.7. The number of carbonyl (C=O) groups excluding carboxylic acids is 1. The Labute approximate surface area is 169 Å². The first kappa shape index (κ1) is 20.4. The van der Waals surface area contributed by atoms with Gasteiger partial charge in [0, 0.05) is 49.4 Å². The van der Waals surface area contributed by atoms with Gasteiger partial charge in [-0.1, -0.05) is 0 Å². The molecule has 160 valence electrons. The van der Waals surface area contributed by atoms with Crippen LogP contribution in [0.4, 0.5) is 13.2 Å². The van der Waals surface area contributed by atoms with Crippen molar-refractivity contribution in [2.45, 2.75) is 25.8 Å². The number of piperidine rings is 1. The first-order valence-corrected chi connectivity index (χ1v) is 9.73. The van der Waals surface area contributed by atoms with E-state index in [1.54, 1.807) is 0 Å². The molecule has 1 aromatic heterocycles. The van der Waals surface area contributed by atoms with Crippen LogP contribution >= 0.6 is 0 Å². The summed E-state index contributed by atoms with van der Waals surface area (Å²) in [6.45, 7) is 2.60. The Kier molecular flexibility index (Phi) is 5.27. The zero-order chi connectivity index (χ0) is 21.5. The molecule has 1 unspecified atom stereocenters. The number of hydrogen-bond donors (Lipinski definition) is 2. The lowest BCUT2D eigenvalue weighted by Gasteiger charge is -2.40. The lowest BCUT2D eigenvalue weighted by molar-refractivity contribution is 0.0668. The molecule has 0 radical (unpaired) electrons. The number of benzene rings is 1. The Morgan fingerprint density at radius 2 is 1.73 bits per heavy atom. The van der Waals surface area contributed by atoms with E-state index in [9.17, 15) is 27.6 Å². The third kappa shape index (κ3) is 4.04. The fraction of sp³-hybridized carbons (Fsp3) is 0.450. The fourth-order valence-corrected chi connectivity index (χ4v) is 4.59. The molecule has 1 aromatic carbocycles. The van der Waals surface area contributed by atoms with Crippen molar-refractivity contribution in [1.29, 1.82) is 0 Å². The van der Waals surface area contributed by atoms with Crippen LogP contribution in [0.5, 0.6) is 0 Å². The number of hydrogen-bond acceptors (Lipinski definition) is 4. The van der Waals surface area contributed by atoms with Gasteiger partial charge >= 0.3 is 5.69 Å². The predicted molar refractivity (Wildman–Crippen MR) is 101 cm³/mol. The minimum atomic E-state index is -1.33. The van der Waals surface area contributed by atoms with Crippen LogP contribution in [0.25, 0.3) is 0 Å². The maximum atomic E-state index is 14.0. The second kappa shape index (κ2) is 7.75. The smallest absolute Gasteiger partial charge is 0.325 e. The van der Waals surface area contributed by atoms with Gasteiger partial charge in [-0.05, 0) is 31.9 Å². The topological polar surface area (TPSA) is 89.3 Å². The van der Waals surface area contributed by atoms with E-state index in [-0.39, 0.29) is 5.41 Å². The number of amides is 1. The molecular formula is C20H21F3N4O3. The molecule has 0 aliphatic carbocycles. The third-order valence-corrected chi connectivity index (χ3v) is 5.92.